The zero-order valence-corrected chi connectivity index (χ0v) is 16.2. The van der Waals surface area contributed by atoms with Gasteiger partial charge in [-0.2, -0.15) is 4.98 Å². The van der Waals surface area contributed by atoms with Gasteiger partial charge in [0.05, 0.1) is 0 Å². The standard InChI is InChI=1S/C22H23F2N5/c1-15-9-12-29(13-10-15)18-5-2-16(3-6-18)27-22-25-11-8-21(28-22)26-17-4-7-19(23)20(24)14-17/h2-8,11,14-15H,9-10,12-13H2,1H3,(H2,25,26,27,28). The van der Waals surface area contributed by atoms with E-state index in [1.807, 2.05) is 12.1 Å². The third kappa shape index (κ3) is 4.80. The first kappa shape index (κ1) is 19.1. The Morgan fingerprint density at radius 1 is 0.897 bits per heavy atom. The summed E-state index contributed by atoms with van der Waals surface area (Å²) < 4.78 is 26.4. The molecule has 1 fully saturated rings. The van der Waals surface area contributed by atoms with Gasteiger partial charge in [-0.25, -0.2) is 13.8 Å². The summed E-state index contributed by atoms with van der Waals surface area (Å²) in [5, 5.41) is 6.12. The van der Waals surface area contributed by atoms with Crippen LogP contribution in [-0.2, 0) is 0 Å². The summed E-state index contributed by atoms with van der Waals surface area (Å²) in [6.07, 6.45) is 4.05. The number of nitrogens with zero attached hydrogens (tertiary/aromatic N) is 3. The van der Waals surface area contributed by atoms with Crippen LogP contribution in [0.2, 0.25) is 0 Å². The summed E-state index contributed by atoms with van der Waals surface area (Å²) in [6, 6.07) is 13.5. The number of nitrogens with one attached hydrogen (secondary N) is 2. The van der Waals surface area contributed by atoms with Crippen LogP contribution < -0.4 is 15.5 Å². The quantitative estimate of drug-likeness (QED) is 0.599. The van der Waals surface area contributed by atoms with E-state index in [0.29, 0.717) is 17.5 Å². The van der Waals surface area contributed by atoms with Crippen molar-refractivity contribution in [3.05, 3.63) is 66.4 Å². The van der Waals surface area contributed by atoms with Crippen molar-refractivity contribution in [3.63, 3.8) is 0 Å². The van der Waals surface area contributed by atoms with Gasteiger partial charge in [0.2, 0.25) is 5.95 Å². The number of hydrogen-bond donors (Lipinski definition) is 2. The molecule has 1 aromatic heterocycles. The van der Waals surface area contributed by atoms with Crippen LogP contribution in [0.15, 0.2) is 54.7 Å². The van der Waals surface area contributed by atoms with Gasteiger partial charge in [-0.15, -0.1) is 0 Å². The molecule has 29 heavy (non-hydrogen) atoms. The number of piperidine rings is 1. The summed E-state index contributed by atoms with van der Waals surface area (Å²) >= 11 is 0. The molecule has 5 nitrogen and oxygen atoms in total. The molecule has 1 saturated heterocycles. The van der Waals surface area contributed by atoms with E-state index in [0.717, 1.165) is 36.8 Å². The van der Waals surface area contributed by atoms with E-state index in [1.54, 1.807) is 12.3 Å². The maximum absolute atomic E-state index is 13.4. The number of rotatable bonds is 5. The molecule has 1 aliphatic heterocycles. The summed E-state index contributed by atoms with van der Waals surface area (Å²) in [4.78, 5) is 11.0. The zero-order valence-electron chi connectivity index (χ0n) is 16.2. The van der Waals surface area contributed by atoms with Gasteiger partial charge in [0.1, 0.15) is 5.82 Å². The third-order valence-corrected chi connectivity index (χ3v) is 5.12. The van der Waals surface area contributed by atoms with Crippen molar-refractivity contribution in [1.82, 2.24) is 9.97 Å². The maximum atomic E-state index is 13.4. The fraction of sp³-hybridized carbons (Fsp3) is 0.273. The highest BCUT2D eigenvalue weighted by molar-refractivity contribution is 5.61. The molecule has 2 heterocycles. The lowest BCUT2D eigenvalue weighted by atomic mass is 9.99. The molecule has 0 bridgehead atoms. The minimum absolute atomic E-state index is 0.411. The molecule has 2 N–H and O–H groups in total. The fourth-order valence-electron chi connectivity index (χ4n) is 3.36. The second kappa shape index (κ2) is 8.43. The van der Waals surface area contributed by atoms with Gasteiger partial charge in [-0.05, 0) is 61.2 Å². The Morgan fingerprint density at radius 3 is 2.34 bits per heavy atom. The summed E-state index contributed by atoms with van der Waals surface area (Å²) in [7, 11) is 0. The average molecular weight is 395 g/mol. The second-order valence-electron chi connectivity index (χ2n) is 7.36. The minimum Gasteiger partial charge on any atom is -0.372 e. The van der Waals surface area contributed by atoms with E-state index >= 15 is 0 Å². The first-order valence-electron chi connectivity index (χ1n) is 9.74. The Kier molecular flexibility index (Phi) is 5.55. The molecule has 0 saturated carbocycles. The molecule has 2 aromatic carbocycles. The van der Waals surface area contributed by atoms with E-state index < -0.39 is 11.6 Å². The van der Waals surface area contributed by atoms with E-state index in [1.165, 1.54) is 24.6 Å². The van der Waals surface area contributed by atoms with Crippen LogP contribution >= 0.6 is 0 Å². The molecule has 1 aliphatic rings. The highest BCUT2D eigenvalue weighted by Crippen LogP contribution is 2.25. The molecule has 0 amide bonds. The first-order valence-corrected chi connectivity index (χ1v) is 9.74. The number of halogens is 2. The lowest BCUT2D eigenvalue weighted by Gasteiger charge is -2.32. The molecule has 4 rings (SSSR count). The van der Waals surface area contributed by atoms with Crippen LogP contribution in [0.3, 0.4) is 0 Å². The molecule has 3 aromatic rings. The molecule has 7 heteroatoms. The summed E-state index contributed by atoms with van der Waals surface area (Å²) in [6.45, 7) is 4.49. The number of aromatic nitrogens is 2. The predicted molar refractivity (Wildman–Crippen MR) is 112 cm³/mol. The molecular formula is C22H23F2N5. The van der Waals surface area contributed by atoms with Crippen molar-refractivity contribution in [2.45, 2.75) is 19.8 Å². The van der Waals surface area contributed by atoms with E-state index in [2.05, 4.69) is 44.6 Å². The van der Waals surface area contributed by atoms with Gasteiger partial charge in [-0.1, -0.05) is 6.92 Å². The van der Waals surface area contributed by atoms with Gasteiger partial charge in [0.15, 0.2) is 11.6 Å². The van der Waals surface area contributed by atoms with E-state index in [9.17, 15) is 8.78 Å². The van der Waals surface area contributed by atoms with Crippen LogP contribution in [-0.4, -0.2) is 23.1 Å². The van der Waals surface area contributed by atoms with Gasteiger partial charge in [0, 0.05) is 42.4 Å². The Morgan fingerprint density at radius 2 is 1.62 bits per heavy atom. The smallest absolute Gasteiger partial charge is 0.229 e. The number of anilines is 5. The first-order chi connectivity index (χ1) is 14.1. The Labute approximate surface area is 168 Å². The van der Waals surface area contributed by atoms with Crippen molar-refractivity contribution < 1.29 is 8.78 Å². The number of benzene rings is 2. The minimum atomic E-state index is -0.911. The Hall–Kier alpha value is -3.22. The van der Waals surface area contributed by atoms with Crippen molar-refractivity contribution in [2.24, 2.45) is 5.92 Å². The third-order valence-electron chi connectivity index (χ3n) is 5.12. The zero-order chi connectivity index (χ0) is 20.2. The van der Waals surface area contributed by atoms with Crippen molar-refractivity contribution >= 4 is 28.8 Å². The summed E-state index contributed by atoms with van der Waals surface area (Å²) in [5.74, 6) is -0.102. The molecule has 150 valence electrons. The number of hydrogen-bond acceptors (Lipinski definition) is 5. The highest BCUT2D eigenvalue weighted by Gasteiger charge is 2.15. The lowest BCUT2D eigenvalue weighted by molar-refractivity contribution is 0.438. The molecular weight excluding hydrogens is 372 g/mol. The molecule has 0 spiro atoms. The topological polar surface area (TPSA) is 53.1 Å². The van der Waals surface area contributed by atoms with Crippen molar-refractivity contribution in [2.75, 3.05) is 28.6 Å². The van der Waals surface area contributed by atoms with Crippen molar-refractivity contribution in [1.29, 1.82) is 0 Å². The van der Waals surface area contributed by atoms with Crippen LogP contribution in [0, 0.1) is 17.6 Å². The van der Waals surface area contributed by atoms with Crippen LogP contribution in [0.1, 0.15) is 19.8 Å². The largest absolute Gasteiger partial charge is 0.372 e. The van der Waals surface area contributed by atoms with E-state index in [4.69, 9.17) is 0 Å². The predicted octanol–water partition coefficient (Wildman–Crippen LogP) is 5.48. The van der Waals surface area contributed by atoms with Gasteiger partial charge in [0.25, 0.3) is 0 Å². The van der Waals surface area contributed by atoms with E-state index in [-0.39, 0.29) is 0 Å². The SMILES string of the molecule is CC1CCN(c2ccc(Nc3nccc(Nc4ccc(F)c(F)c4)n3)cc2)CC1. The maximum Gasteiger partial charge on any atom is 0.229 e. The molecule has 0 unspecified atom stereocenters. The fourth-order valence-corrected chi connectivity index (χ4v) is 3.36. The van der Waals surface area contributed by atoms with Crippen LogP contribution in [0.5, 0.6) is 0 Å². The Balaban J connectivity index is 1.41. The Bertz CT molecular complexity index is 969. The van der Waals surface area contributed by atoms with Gasteiger partial charge >= 0.3 is 0 Å². The monoisotopic (exact) mass is 395 g/mol. The highest BCUT2D eigenvalue weighted by atomic mass is 19.2. The summed E-state index contributed by atoms with van der Waals surface area (Å²) in [5.41, 5.74) is 2.51. The van der Waals surface area contributed by atoms with Crippen LogP contribution in [0.25, 0.3) is 0 Å². The lowest BCUT2D eigenvalue weighted by Crippen LogP contribution is -2.32. The normalized spacial score (nSPS) is 14.7. The average Bonchev–Trinajstić information content (AvgIpc) is 2.72. The van der Waals surface area contributed by atoms with Gasteiger partial charge < -0.3 is 15.5 Å². The molecule has 0 aliphatic carbocycles. The molecule has 0 atom stereocenters. The second-order valence-corrected chi connectivity index (χ2v) is 7.36. The van der Waals surface area contributed by atoms with Crippen molar-refractivity contribution in [3.8, 4) is 0 Å². The molecule has 0 radical (unpaired) electrons. The van der Waals surface area contributed by atoms with Gasteiger partial charge in [-0.3, -0.25) is 0 Å². The van der Waals surface area contributed by atoms with Crippen LogP contribution in [0.4, 0.5) is 37.6 Å².